The van der Waals surface area contributed by atoms with E-state index in [9.17, 15) is 14.4 Å². The van der Waals surface area contributed by atoms with Crippen LogP contribution in [0.15, 0.2) is 21.4 Å². The number of ether oxygens (including phenoxy) is 3. The lowest BCUT2D eigenvalue weighted by Gasteiger charge is -2.37. The number of benzene rings is 1. The van der Waals surface area contributed by atoms with Gasteiger partial charge >= 0.3 is 6.09 Å². The summed E-state index contributed by atoms with van der Waals surface area (Å²) in [6, 6.07) is 3.60. The van der Waals surface area contributed by atoms with E-state index in [1.165, 1.54) is 4.90 Å². The molecule has 10 heteroatoms. The molecule has 0 saturated heterocycles. The Balaban J connectivity index is 1.50. The fourth-order valence-corrected chi connectivity index (χ4v) is 6.01. The maximum atomic E-state index is 13.6. The number of anilines is 1. The molecular weight excluding hydrogens is 566 g/mol. The summed E-state index contributed by atoms with van der Waals surface area (Å²) < 4.78 is 18.9. The number of fused-ring (bicyclic) bond motifs is 1. The summed E-state index contributed by atoms with van der Waals surface area (Å²) in [6.45, 7) is 12.9. The average molecular weight is 605 g/mol. The number of hydrogen-bond donors (Lipinski definition) is 2. The molecule has 9 nitrogen and oxygen atoms in total. The third kappa shape index (κ3) is 5.95. The van der Waals surface area contributed by atoms with Crippen LogP contribution in [0.1, 0.15) is 80.6 Å². The van der Waals surface area contributed by atoms with Crippen molar-refractivity contribution in [1.29, 1.82) is 0 Å². The molecule has 2 aliphatic rings. The number of aryl methyl sites for hydroxylation is 2. The number of amides is 2. The van der Waals surface area contributed by atoms with Crippen LogP contribution in [0.5, 0.6) is 11.5 Å². The van der Waals surface area contributed by atoms with Gasteiger partial charge in [0.15, 0.2) is 11.5 Å². The van der Waals surface area contributed by atoms with Gasteiger partial charge in [0.2, 0.25) is 0 Å². The van der Waals surface area contributed by atoms with E-state index in [1.54, 1.807) is 20.0 Å². The van der Waals surface area contributed by atoms with E-state index in [-0.39, 0.29) is 23.4 Å². The van der Waals surface area contributed by atoms with Crippen LogP contribution in [0.25, 0.3) is 0 Å². The highest BCUT2D eigenvalue weighted by Crippen LogP contribution is 2.51. The van der Waals surface area contributed by atoms with Crippen LogP contribution in [-0.4, -0.2) is 41.5 Å². The summed E-state index contributed by atoms with van der Waals surface area (Å²) >= 11 is 3.58. The molecule has 0 spiro atoms. The molecule has 1 saturated carbocycles. The zero-order chi connectivity index (χ0) is 28.9. The Hall–Kier alpha value is -3.01. The van der Waals surface area contributed by atoms with Gasteiger partial charge in [-0.1, -0.05) is 0 Å². The number of alkyl carbamates (subject to hydrolysis) is 1. The van der Waals surface area contributed by atoms with Gasteiger partial charge in [-0.05, 0) is 101 Å². The Bertz CT molecular complexity index is 1360. The molecule has 1 aromatic carbocycles. The van der Waals surface area contributed by atoms with E-state index in [0.717, 1.165) is 31.4 Å². The lowest BCUT2D eigenvalue weighted by Crippen LogP contribution is -2.48. The maximum Gasteiger partial charge on any atom is 0.407 e. The molecule has 1 fully saturated rings. The lowest BCUT2D eigenvalue weighted by molar-refractivity contribution is -0.121. The Morgan fingerprint density at radius 3 is 2.31 bits per heavy atom. The monoisotopic (exact) mass is 603 g/mol. The number of pyridine rings is 1. The summed E-state index contributed by atoms with van der Waals surface area (Å²) in [6.07, 6.45) is 2.75. The molecule has 0 unspecified atom stereocenters. The molecular formula is C29H38BrN3O6. The molecule has 2 N–H and O–H groups in total. The Morgan fingerprint density at radius 1 is 1.10 bits per heavy atom. The van der Waals surface area contributed by atoms with Crippen LogP contribution in [0.3, 0.4) is 0 Å². The van der Waals surface area contributed by atoms with E-state index in [2.05, 4.69) is 26.2 Å². The van der Waals surface area contributed by atoms with Crippen LogP contribution in [0.2, 0.25) is 0 Å². The smallest absolute Gasteiger partial charge is 0.407 e. The van der Waals surface area contributed by atoms with Gasteiger partial charge in [-0.2, -0.15) is 0 Å². The van der Waals surface area contributed by atoms with Crippen molar-refractivity contribution in [3.63, 3.8) is 0 Å². The van der Waals surface area contributed by atoms with Gasteiger partial charge < -0.3 is 29.4 Å². The van der Waals surface area contributed by atoms with Crippen LogP contribution in [-0.2, 0) is 4.74 Å². The van der Waals surface area contributed by atoms with Crippen molar-refractivity contribution in [3.05, 3.63) is 49.3 Å². The second kappa shape index (κ2) is 10.5. The number of halogens is 1. The number of rotatable bonds is 4. The van der Waals surface area contributed by atoms with Gasteiger partial charge in [-0.15, -0.1) is 0 Å². The predicted octanol–water partition coefficient (Wildman–Crippen LogP) is 5.91. The van der Waals surface area contributed by atoms with Crippen LogP contribution in [0.4, 0.5) is 10.5 Å². The van der Waals surface area contributed by atoms with Gasteiger partial charge in [0, 0.05) is 42.8 Å². The van der Waals surface area contributed by atoms with E-state index >= 15 is 0 Å². The average Bonchev–Trinajstić information content (AvgIpc) is 3.19. The topological polar surface area (TPSA) is 110 Å². The number of H-pyrrole nitrogens is 1. The lowest BCUT2D eigenvalue weighted by atomic mass is 9.81. The molecule has 2 amide bonds. The van der Waals surface area contributed by atoms with Crippen molar-refractivity contribution in [3.8, 4) is 11.5 Å². The third-order valence-electron chi connectivity index (χ3n) is 7.44. The van der Waals surface area contributed by atoms with E-state index in [1.807, 2.05) is 47.6 Å². The number of carbonyl (C=O) groups excluding carboxylic acids is 2. The molecule has 2 heterocycles. The molecule has 1 atom stereocenters. The molecule has 4 rings (SSSR count). The summed E-state index contributed by atoms with van der Waals surface area (Å²) in [5.74, 6) is -0.0623. The van der Waals surface area contributed by atoms with Crippen LogP contribution >= 0.6 is 15.9 Å². The first-order valence-corrected chi connectivity index (χ1v) is 14.1. The molecule has 1 aromatic heterocycles. The van der Waals surface area contributed by atoms with Crippen molar-refractivity contribution in [2.75, 3.05) is 11.9 Å². The van der Waals surface area contributed by atoms with Gasteiger partial charge in [0.25, 0.3) is 17.3 Å². The fourth-order valence-electron chi connectivity index (χ4n) is 5.52. The second-order valence-corrected chi connectivity index (χ2v) is 12.6. The number of carbonyl (C=O) groups is 2. The standard InChI is InChI=1S/C29H38BrN3O6/c1-15-13-16(2)31-25(34)22(15)33(8)26(35)20-14-21(30)24-23(17(20)3)37-29(7,38-24)18-9-11-19(12-10-18)32-27(36)39-28(4,5)6/h13-14,18-19H,9-12H2,1-8H3,(H,31,34)(H,32,36)/t18?,19?,29-/m1/s1. The summed E-state index contributed by atoms with van der Waals surface area (Å²) in [4.78, 5) is 42.6. The number of hydrogen-bond acceptors (Lipinski definition) is 6. The highest BCUT2D eigenvalue weighted by atomic mass is 79.9. The molecule has 0 bridgehead atoms. The number of nitrogens with zero attached hydrogens (tertiary/aromatic N) is 1. The quantitative estimate of drug-likeness (QED) is 0.449. The molecule has 2 aromatic rings. The Morgan fingerprint density at radius 2 is 1.72 bits per heavy atom. The predicted molar refractivity (Wildman–Crippen MR) is 153 cm³/mol. The SMILES string of the molecule is Cc1cc(C)c(N(C)C(=O)c2cc(Br)c3c(c2C)O[C@@](C)(C2CCC(NC(=O)OC(C)(C)C)CC2)O3)c(=O)[nH]1. The molecule has 0 radical (unpaired) electrons. The summed E-state index contributed by atoms with van der Waals surface area (Å²) in [5.41, 5.74) is 1.97. The van der Waals surface area contributed by atoms with E-state index in [4.69, 9.17) is 14.2 Å². The summed E-state index contributed by atoms with van der Waals surface area (Å²) in [5, 5.41) is 2.97. The number of aromatic nitrogens is 1. The van der Waals surface area contributed by atoms with Gasteiger partial charge in [0.05, 0.1) is 4.47 Å². The minimum absolute atomic E-state index is 0.0325. The van der Waals surface area contributed by atoms with Gasteiger partial charge in [0.1, 0.15) is 11.3 Å². The minimum Gasteiger partial charge on any atom is -0.448 e. The molecule has 1 aliphatic heterocycles. The van der Waals surface area contributed by atoms with E-state index in [0.29, 0.717) is 38.3 Å². The van der Waals surface area contributed by atoms with Crippen molar-refractivity contribution in [2.45, 2.75) is 91.6 Å². The first kappa shape index (κ1) is 29.0. The van der Waals surface area contributed by atoms with Crippen LogP contribution in [0, 0.1) is 26.7 Å². The Kier molecular flexibility index (Phi) is 7.82. The van der Waals surface area contributed by atoms with Crippen molar-refractivity contribution < 1.29 is 23.8 Å². The Labute approximate surface area is 237 Å². The molecule has 212 valence electrons. The zero-order valence-corrected chi connectivity index (χ0v) is 25.5. The van der Waals surface area contributed by atoms with Gasteiger partial charge in [-0.25, -0.2) is 4.79 Å². The van der Waals surface area contributed by atoms with Crippen LogP contribution < -0.4 is 25.2 Å². The third-order valence-corrected chi connectivity index (χ3v) is 8.03. The van der Waals surface area contributed by atoms with E-state index < -0.39 is 17.5 Å². The van der Waals surface area contributed by atoms with Crippen molar-refractivity contribution in [2.24, 2.45) is 5.92 Å². The summed E-state index contributed by atoms with van der Waals surface area (Å²) in [7, 11) is 1.60. The van der Waals surface area contributed by atoms with Gasteiger partial charge in [-0.3, -0.25) is 9.59 Å². The highest BCUT2D eigenvalue weighted by molar-refractivity contribution is 9.10. The number of nitrogens with one attached hydrogen (secondary N) is 2. The second-order valence-electron chi connectivity index (χ2n) is 11.8. The highest BCUT2D eigenvalue weighted by Gasteiger charge is 2.47. The fraction of sp³-hybridized carbons (Fsp3) is 0.552. The molecule has 39 heavy (non-hydrogen) atoms. The zero-order valence-electron chi connectivity index (χ0n) is 23.9. The minimum atomic E-state index is -0.912. The normalized spacial score (nSPS) is 22.4. The maximum absolute atomic E-state index is 13.6. The number of aromatic amines is 1. The first-order chi connectivity index (χ1) is 18.1. The van der Waals surface area contributed by atoms with Crippen molar-refractivity contribution in [1.82, 2.24) is 10.3 Å². The molecule has 1 aliphatic carbocycles. The van der Waals surface area contributed by atoms with Crippen molar-refractivity contribution >= 4 is 33.6 Å². The first-order valence-electron chi connectivity index (χ1n) is 13.3. The largest absolute Gasteiger partial charge is 0.448 e.